The van der Waals surface area contributed by atoms with E-state index in [0.29, 0.717) is 31.6 Å². The predicted molar refractivity (Wildman–Crippen MR) is 118 cm³/mol. The highest BCUT2D eigenvalue weighted by Gasteiger charge is 2.32. The number of pyridine rings is 1. The molecule has 0 amide bonds. The summed E-state index contributed by atoms with van der Waals surface area (Å²) in [6, 6.07) is 0. The van der Waals surface area contributed by atoms with E-state index in [1.165, 1.54) is 12.4 Å². The number of ether oxygens (including phenoxy) is 1. The minimum absolute atomic E-state index is 0.0657. The van der Waals surface area contributed by atoms with E-state index in [2.05, 4.69) is 5.32 Å². The Balaban J connectivity index is 2.13. The summed E-state index contributed by atoms with van der Waals surface area (Å²) in [4.78, 5) is 26.3. The van der Waals surface area contributed by atoms with E-state index in [0.717, 1.165) is 0 Å². The van der Waals surface area contributed by atoms with E-state index >= 15 is 4.39 Å². The number of hydrogen-bond acceptors (Lipinski definition) is 7. The molecule has 3 rings (SSSR count). The normalized spacial score (nSPS) is 15.0. The van der Waals surface area contributed by atoms with Crippen LogP contribution >= 0.6 is 0 Å². The Hall–Kier alpha value is -3.43. The van der Waals surface area contributed by atoms with Gasteiger partial charge in [-0.2, -0.15) is 0 Å². The molecule has 0 radical (unpaired) electrons. The van der Waals surface area contributed by atoms with Gasteiger partial charge in [0.25, 0.3) is 0 Å². The molecule has 1 aliphatic heterocycles. The van der Waals surface area contributed by atoms with Crippen molar-refractivity contribution >= 4 is 28.2 Å². The fourth-order valence-corrected chi connectivity index (χ4v) is 3.73. The maximum atomic E-state index is 15.3. The molecule has 0 saturated heterocycles. The highest BCUT2D eigenvalue weighted by Crippen LogP contribution is 2.42. The van der Waals surface area contributed by atoms with E-state index in [1.54, 1.807) is 10.8 Å². The van der Waals surface area contributed by atoms with Crippen LogP contribution in [0.1, 0.15) is 30.6 Å². The molecule has 9 nitrogen and oxygen atoms in total. The van der Waals surface area contributed by atoms with Gasteiger partial charge in [-0.3, -0.25) is 4.79 Å². The maximum absolute atomic E-state index is 15.3. The Morgan fingerprint density at radius 1 is 1.48 bits per heavy atom. The van der Waals surface area contributed by atoms with Gasteiger partial charge in [0.05, 0.1) is 23.2 Å². The minimum atomic E-state index is -1.39. The van der Waals surface area contributed by atoms with Crippen LogP contribution in [0.5, 0.6) is 5.75 Å². The van der Waals surface area contributed by atoms with Crippen molar-refractivity contribution < 1.29 is 19.0 Å². The number of nitrogens with one attached hydrogen (secondary N) is 1. The van der Waals surface area contributed by atoms with E-state index in [4.69, 9.17) is 16.2 Å². The van der Waals surface area contributed by atoms with E-state index in [1.807, 2.05) is 25.8 Å². The lowest BCUT2D eigenvalue weighted by Gasteiger charge is -2.22. The Morgan fingerprint density at radius 3 is 2.84 bits per heavy atom. The summed E-state index contributed by atoms with van der Waals surface area (Å²) in [5.41, 5.74) is 9.66. The number of anilines is 2. The van der Waals surface area contributed by atoms with E-state index in [-0.39, 0.29) is 23.4 Å². The molecular weight excluding hydrogens is 405 g/mol. The number of halogens is 1. The summed E-state index contributed by atoms with van der Waals surface area (Å²) < 4.78 is 22.9. The molecule has 0 unspecified atom stereocenters. The number of benzene rings is 1. The third-order valence-electron chi connectivity index (χ3n) is 5.21. The minimum Gasteiger partial charge on any atom is -0.488 e. The Labute approximate surface area is 179 Å². The molecule has 0 spiro atoms. The number of nitrogens with two attached hydrogens (primary N) is 2. The molecule has 10 heteroatoms. The van der Waals surface area contributed by atoms with Gasteiger partial charge in [0, 0.05) is 50.7 Å². The number of hydrogen-bond donors (Lipinski definition) is 4. The first kappa shape index (κ1) is 22.3. The van der Waals surface area contributed by atoms with Crippen LogP contribution in [0, 0.1) is 11.2 Å². The van der Waals surface area contributed by atoms with E-state index in [9.17, 15) is 14.7 Å². The molecule has 0 saturated carbocycles. The monoisotopic (exact) mass is 433 g/mol. The lowest BCUT2D eigenvalue weighted by Crippen LogP contribution is -2.26. The zero-order chi connectivity index (χ0) is 22.9. The molecule has 0 aliphatic carbocycles. The molecule has 6 N–H and O–H groups in total. The van der Waals surface area contributed by atoms with Crippen molar-refractivity contribution in [2.75, 3.05) is 37.8 Å². The van der Waals surface area contributed by atoms with Crippen LogP contribution in [0.2, 0.25) is 0 Å². The number of carboxylic acids is 1. The second kappa shape index (κ2) is 8.37. The summed E-state index contributed by atoms with van der Waals surface area (Å²) in [6.45, 7) is 5.61. The average Bonchev–Trinajstić information content (AvgIpc) is 2.81. The van der Waals surface area contributed by atoms with Crippen molar-refractivity contribution in [2.45, 2.75) is 26.8 Å². The smallest absolute Gasteiger partial charge is 0.341 e. The van der Waals surface area contributed by atoms with Crippen molar-refractivity contribution in [3.8, 4) is 5.75 Å². The van der Waals surface area contributed by atoms with Gasteiger partial charge in [0.2, 0.25) is 5.43 Å². The Kier molecular flexibility index (Phi) is 6.01. The SMILES string of the molecule is CN(/C=C\N)CCCNc1c(F)c(N)c2c(=O)c(C(=O)O)cn3c2c1OCC(C)(C)C3. The second-order valence-electron chi connectivity index (χ2n) is 8.52. The summed E-state index contributed by atoms with van der Waals surface area (Å²) in [5, 5.41) is 12.3. The number of nitrogens with zero attached hydrogens (tertiary/aromatic N) is 2. The second-order valence-corrected chi connectivity index (χ2v) is 8.52. The molecule has 0 bridgehead atoms. The Morgan fingerprint density at radius 2 is 2.19 bits per heavy atom. The van der Waals surface area contributed by atoms with Gasteiger partial charge >= 0.3 is 5.97 Å². The zero-order valence-electron chi connectivity index (χ0n) is 17.9. The summed E-state index contributed by atoms with van der Waals surface area (Å²) >= 11 is 0. The van der Waals surface area contributed by atoms with Gasteiger partial charge in [-0.05, 0) is 6.42 Å². The predicted octanol–water partition coefficient (Wildman–Crippen LogP) is 2.00. The molecule has 31 heavy (non-hydrogen) atoms. The first-order valence-electron chi connectivity index (χ1n) is 9.94. The number of aromatic nitrogens is 1. The quantitative estimate of drug-likeness (QED) is 0.385. The van der Waals surface area contributed by atoms with Crippen LogP contribution in [-0.2, 0) is 6.54 Å². The van der Waals surface area contributed by atoms with Crippen LogP contribution in [0.25, 0.3) is 10.9 Å². The third-order valence-corrected chi connectivity index (χ3v) is 5.21. The summed E-state index contributed by atoms with van der Waals surface area (Å²) in [7, 11) is 1.87. The number of carboxylic acid groups (broad SMARTS) is 1. The lowest BCUT2D eigenvalue weighted by atomic mass is 9.94. The first-order valence-corrected chi connectivity index (χ1v) is 9.94. The van der Waals surface area contributed by atoms with Crippen molar-refractivity contribution in [1.29, 1.82) is 0 Å². The summed E-state index contributed by atoms with van der Waals surface area (Å²) in [5.74, 6) is -2.06. The van der Waals surface area contributed by atoms with Gasteiger partial charge in [-0.25, -0.2) is 9.18 Å². The van der Waals surface area contributed by atoms with Crippen LogP contribution in [0.3, 0.4) is 0 Å². The lowest BCUT2D eigenvalue weighted by molar-refractivity contribution is 0.0694. The van der Waals surface area contributed by atoms with Crippen molar-refractivity contribution in [3.05, 3.63) is 40.2 Å². The highest BCUT2D eigenvalue weighted by atomic mass is 19.1. The van der Waals surface area contributed by atoms with E-state index < -0.39 is 33.9 Å². The fraction of sp³-hybridized carbons (Fsp3) is 0.429. The number of nitrogen functional groups attached to an aromatic ring is 1. The Bertz CT molecular complexity index is 1110. The van der Waals surface area contributed by atoms with Gasteiger partial charge in [0.1, 0.15) is 11.3 Å². The van der Waals surface area contributed by atoms with Crippen molar-refractivity contribution in [3.63, 3.8) is 0 Å². The molecule has 168 valence electrons. The molecule has 1 aromatic carbocycles. The molecule has 1 aromatic heterocycles. The molecular formula is C21H28FN5O4. The summed E-state index contributed by atoms with van der Waals surface area (Å²) in [6.07, 6.45) is 5.12. The topological polar surface area (TPSA) is 136 Å². The molecule has 1 aliphatic rings. The largest absolute Gasteiger partial charge is 0.488 e. The van der Waals surface area contributed by atoms with Crippen molar-refractivity contribution in [2.24, 2.45) is 11.1 Å². The average molecular weight is 433 g/mol. The van der Waals surface area contributed by atoms with Gasteiger partial charge in [-0.1, -0.05) is 13.8 Å². The fourth-order valence-electron chi connectivity index (χ4n) is 3.73. The molecule has 0 atom stereocenters. The number of rotatable bonds is 7. The molecule has 2 aromatic rings. The van der Waals surface area contributed by atoms with Crippen LogP contribution in [0.15, 0.2) is 23.4 Å². The third kappa shape index (κ3) is 4.23. The van der Waals surface area contributed by atoms with Gasteiger partial charge < -0.3 is 36.1 Å². The number of carbonyl (C=O) groups is 1. The maximum Gasteiger partial charge on any atom is 0.341 e. The van der Waals surface area contributed by atoms with Crippen LogP contribution in [0.4, 0.5) is 15.8 Å². The van der Waals surface area contributed by atoms with Crippen LogP contribution < -0.4 is 26.9 Å². The highest BCUT2D eigenvalue weighted by molar-refractivity contribution is 6.03. The van der Waals surface area contributed by atoms with Gasteiger partial charge in [0.15, 0.2) is 11.6 Å². The number of aromatic carboxylic acids is 1. The van der Waals surface area contributed by atoms with Crippen molar-refractivity contribution in [1.82, 2.24) is 9.47 Å². The van der Waals surface area contributed by atoms with Crippen LogP contribution in [-0.4, -0.2) is 47.3 Å². The standard InChI is InChI=1S/C21H28FN5O4/c1-21(2)10-27-9-12(20(29)30)18(28)13-15(24)14(22)16(19(17(13)27)31-11-21)25-6-4-7-26(3)8-5-23/h5,8-9,25H,4,6-7,10-11,23-24H2,1-3H3,(H,29,30)/b8-5-. The molecule has 2 heterocycles. The zero-order valence-corrected chi connectivity index (χ0v) is 17.9. The molecule has 0 fully saturated rings. The van der Waals surface area contributed by atoms with Gasteiger partial charge in [-0.15, -0.1) is 0 Å². The first-order chi connectivity index (χ1) is 14.6.